The second-order valence-electron chi connectivity index (χ2n) is 7.53. The Kier molecular flexibility index (Phi) is 5.18. The Morgan fingerprint density at radius 1 is 1.19 bits per heavy atom. The lowest BCUT2D eigenvalue weighted by atomic mass is 9.82. The molecule has 142 valence electrons. The van der Waals surface area contributed by atoms with E-state index in [1.54, 1.807) is 6.20 Å². The number of ketones is 1. The van der Waals surface area contributed by atoms with Crippen molar-refractivity contribution in [2.45, 2.75) is 25.7 Å². The molecule has 1 aromatic heterocycles. The number of aromatic nitrogens is 2. The molecule has 2 aromatic rings. The van der Waals surface area contributed by atoms with Crippen molar-refractivity contribution in [1.29, 1.82) is 0 Å². The first-order valence-electron chi connectivity index (χ1n) is 9.68. The molecule has 6 nitrogen and oxygen atoms in total. The van der Waals surface area contributed by atoms with E-state index in [0.29, 0.717) is 18.5 Å². The van der Waals surface area contributed by atoms with Crippen LogP contribution >= 0.6 is 0 Å². The van der Waals surface area contributed by atoms with Crippen LogP contribution in [0.3, 0.4) is 0 Å². The summed E-state index contributed by atoms with van der Waals surface area (Å²) in [6.07, 6.45) is 3.02. The van der Waals surface area contributed by atoms with Crippen LogP contribution < -0.4 is 4.90 Å². The smallest absolute Gasteiger partial charge is 0.225 e. The van der Waals surface area contributed by atoms with Gasteiger partial charge in [0.1, 0.15) is 0 Å². The van der Waals surface area contributed by atoms with E-state index in [9.17, 15) is 4.79 Å². The summed E-state index contributed by atoms with van der Waals surface area (Å²) in [5, 5.41) is 9.08. The van der Waals surface area contributed by atoms with Crippen LogP contribution in [0.2, 0.25) is 0 Å². The maximum absolute atomic E-state index is 12.6. The van der Waals surface area contributed by atoms with Crippen LogP contribution in [0.25, 0.3) is 0 Å². The minimum Gasteiger partial charge on any atom is -0.395 e. The number of aliphatic hydroxyl groups excluding tert-OH is 1. The first-order chi connectivity index (χ1) is 13.1. The van der Waals surface area contributed by atoms with Crippen molar-refractivity contribution in [2.24, 2.45) is 0 Å². The van der Waals surface area contributed by atoms with Crippen LogP contribution in [0.1, 0.15) is 39.5 Å². The topological polar surface area (TPSA) is 69.6 Å². The third-order valence-corrected chi connectivity index (χ3v) is 5.61. The number of Topliss-reactive ketones (excluding diaryl/α,β-unsaturated/α-hetero) is 1. The molecule has 0 spiro atoms. The lowest BCUT2D eigenvalue weighted by Gasteiger charge is -2.34. The van der Waals surface area contributed by atoms with Gasteiger partial charge in [-0.3, -0.25) is 9.69 Å². The summed E-state index contributed by atoms with van der Waals surface area (Å²) in [6, 6.07) is 8.42. The zero-order chi connectivity index (χ0) is 18.8. The van der Waals surface area contributed by atoms with Crippen molar-refractivity contribution < 1.29 is 9.90 Å². The van der Waals surface area contributed by atoms with E-state index in [-0.39, 0.29) is 18.3 Å². The van der Waals surface area contributed by atoms with Gasteiger partial charge in [0.2, 0.25) is 5.95 Å². The van der Waals surface area contributed by atoms with Gasteiger partial charge in [-0.15, -0.1) is 0 Å². The van der Waals surface area contributed by atoms with E-state index in [2.05, 4.69) is 46.0 Å². The van der Waals surface area contributed by atoms with Crippen molar-refractivity contribution in [3.8, 4) is 0 Å². The van der Waals surface area contributed by atoms with Crippen molar-refractivity contribution >= 4 is 11.7 Å². The standard InChI is InChI=1S/C21H26N4O2/c1-15-3-2-4-16(11-15)17-12-19-18(20(27)13-17)14-22-21(23-19)25-7-5-24(6-8-25)9-10-26/h2-4,11,14,17,26H,5-10,12-13H2,1H3/t17-/m1/s1. The van der Waals surface area contributed by atoms with Gasteiger partial charge < -0.3 is 10.0 Å². The molecule has 1 saturated heterocycles. The summed E-state index contributed by atoms with van der Waals surface area (Å²) in [7, 11) is 0. The van der Waals surface area contributed by atoms with Gasteiger partial charge in [-0.2, -0.15) is 0 Å². The molecule has 1 aliphatic heterocycles. The molecule has 1 aromatic carbocycles. The predicted molar refractivity (Wildman–Crippen MR) is 104 cm³/mol. The highest BCUT2D eigenvalue weighted by Gasteiger charge is 2.29. The van der Waals surface area contributed by atoms with E-state index in [4.69, 9.17) is 10.1 Å². The number of carbonyl (C=O) groups excluding carboxylic acids is 1. The van der Waals surface area contributed by atoms with Crippen LogP contribution in [-0.2, 0) is 6.42 Å². The van der Waals surface area contributed by atoms with Crippen LogP contribution in [-0.4, -0.2) is 65.1 Å². The number of fused-ring (bicyclic) bond motifs is 1. The summed E-state index contributed by atoms with van der Waals surface area (Å²) in [6.45, 7) is 6.46. The average Bonchev–Trinajstić information content (AvgIpc) is 2.68. The largest absolute Gasteiger partial charge is 0.395 e. The van der Waals surface area contributed by atoms with Crippen molar-refractivity contribution in [2.75, 3.05) is 44.2 Å². The Bertz CT molecular complexity index is 831. The molecule has 2 heterocycles. The maximum atomic E-state index is 12.6. The fourth-order valence-corrected chi connectivity index (χ4v) is 4.06. The first-order valence-corrected chi connectivity index (χ1v) is 9.68. The predicted octanol–water partition coefficient (Wildman–Crippen LogP) is 1.81. The molecule has 0 saturated carbocycles. The second-order valence-corrected chi connectivity index (χ2v) is 7.53. The number of benzene rings is 1. The monoisotopic (exact) mass is 366 g/mol. The van der Waals surface area contributed by atoms with Gasteiger partial charge in [0.25, 0.3) is 0 Å². The fraction of sp³-hybridized carbons (Fsp3) is 0.476. The van der Waals surface area contributed by atoms with Gasteiger partial charge in [0, 0.05) is 45.3 Å². The lowest BCUT2D eigenvalue weighted by Crippen LogP contribution is -2.47. The quantitative estimate of drug-likeness (QED) is 0.890. The Morgan fingerprint density at radius 2 is 2.00 bits per heavy atom. The molecule has 1 aliphatic carbocycles. The Labute approximate surface area is 159 Å². The molecule has 1 fully saturated rings. The summed E-state index contributed by atoms with van der Waals surface area (Å²) < 4.78 is 0. The van der Waals surface area contributed by atoms with Crippen LogP contribution in [0.15, 0.2) is 30.5 Å². The third-order valence-electron chi connectivity index (χ3n) is 5.61. The van der Waals surface area contributed by atoms with Crippen LogP contribution in [0.4, 0.5) is 5.95 Å². The number of hydrogen-bond donors (Lipinski definition) is 1. The van der Waals surface area contributed by atoms with E-state index < -0.39 is 0 Å². The van der Waals surface area contributed by atoms with Crippen molar-refractivity contribution in [3.05, 3.63) is 52.8 Å². The van der Waals surface area contributed by atoms with E-state index in [1.165, 1.54) is 11.1 Å². The maximum Gasteiger partial charge on any atom is 0.225 e. The van der Waals surface area contributed by atoms with E-state index >= 15 is 0 Å². The second kappa shape index (κ2) is 7.74. The summed E-state index contributed by atoms with van der Waals surface area (Å²) in [5.74, 6) is 1.05. The van der Waals surface area contributed by atoms with Gasteiger partial charge in [0.05, 0.1) is 17.9 Å². The van der Waals surface area contributed by atoms with Crippen LogP contribution in [0.5, 0.6) is 0 Å². The molecule has 6 heteroatoms. The highest BCUT2D eigenvalue weighted by molar-refractivity contribution is 5.98. The minimum atomic E-state index is 0.141. The number of β-amino-alcohol motifs (C(OH)–C–C–N with tert-alkyl or cyclic N) is 1. The molecule has 27 heavy (non-hydrogen) atoms. The molecular weight excluding hydrogens is 340 g/mol. The van der Waals surface area contributed by atoms with Crippen molar-refractivity contribution in [3.63, 3.8) is 0 Å². The number of carbonyl (C=O) groups is 1. The number of piperazine rings is 1. The molecule has 0 bridgehead atoms. The number of rotatable bonds is 4. The van der Waals surface area contributed by atoms with E-state index in [0.717, 1.165) is 44.2 Å². The van der Waals surface area contributed by atoms with Gasteiger partial charge in [0.15, 0.2) is 5.78 Å². The first kappa shape index (κ1) is 18.1. The highest BCUT2D eigenvalue weighted by Crippen LogP contribution is 2.32. The van der Waals surface area contributed by atoms with Crippen molar-refractivity contribution in [1.82, 2.24) is 14.9 Å². The Hall–Kier alpha value is -2.31. The van der Waals surface area contributed by atoms with Gasteiger partial charge in [-0.1, -0.05) is 29.8 Å². The molecular formula is C21H26N4O2. The summed E-state index contributed by atoms with van der Waals surface area (Å²) in [4.78, 5) is 26.3. The zero-order valence-electron chi connectivity index (χ0n) is 15.8. The number of hydrogen-bond acceptors (Lipinski definition) is 6. The normalized spacial score (nSPS) is 20.6. The number of nitrogens with zero attached hydrogens (tertiary/aromatic N) is 4. The summed E-state index contributed by atoms with van der Waals surface area (Å²) >= 11 is 0. The molecule has 0 radical (unpaired) electrons. The molecule has 1 N–H and O–H groups in total. The van der Waals surface area contributed by atoms with Gasteiger partial charge >= 0.3 is 0 Å². The number of anilines is 1. The van der Waals surface area contributed by atoms with E-state index in [1.807, 2.05) is 0 Å². The SMILES string of the molecule is Cc1cccc([C@H]2CC(=O)c3cnc(N4CCN(CCO)CC4)nc3C2)c1. The van der Waals surface area contributed by atoms with Crippen LogP contribution in [0, 0.1) is 6.92 Å². The molecule has 0 amide bonds. The molecule has 0 unspecified atom stereocenters. The fourth-order valence-electron chi connectivity index (χ4n) is 4.06. The Balaban J connectivity index is 1.53. The Morgan fingerprint density at radius 3 is 2.74 bits per heavy atom. The highest BCUT2D eigenvalue weighted by atomic mass is 16.3. The number of aliphatic hydroxyl groups is 1. The summed E-state index contributed by atoms with van der Waals surface area (Å²) in [5.41, 5.74) is 3.99. The average molecular weight is 366 g/mol. The minimum absolute atomic E-state index is 0.141. The lowest BCUT2D eigenvalue weighted by molar-refractivity contribution is 0.0962. The zero-order valence-corrected chi connectivity index (χ0v) is 15.8. The van der Waals surface area contributed by atoms with Gasteiger partial charge in [-0.25, -0.2) is 9.97 Å². The third kappa shape index (κ3) is 3.87. The number of aryl methyl sites for hydroxylation is 1. The molecule has 4 rings (SSSR count). The molecule has 1 atom stereocenters. The van der Waals surface area contributed by atoms with Gasteiger partial charge in [-0.05, 0) is 24.8 Å². The molecule has 2 aliphatic rings.